The number of hydrogen-bond donors (Lipinski definition) is 1. The summed E-state index contributed by atoms with van der Waals surface area (Å²) in [7, 11) is 0. The Bertz CT molecular complexity index is 583. The van der Waals surface area contributed by atoms with Crippen molar-refractivity contribution in [3.63, 3.8) is 0 Å². The molecule has 0 aliphatic heterocycles. The Hall–Kier alpha value is -2.35. The van der Waals surface area contributed by atoms with Gasteiger partial charge in [-0.2, -0.15) is 5.26 Å². The molecule has 0 radical (unpaired) electrons. The van der Waals surface area contributed by atoms with Crippen LogP contribution in [0.2, 0.25) is 0 Å². The van der Waals surface area contributed by atoms with Crippen LogP contribution in [0.25, 0.3) is 6.08 Å². The van der Waals surface area contributed by atoms with E-state index in [0.29, 0.717) is 24.5 Å². The van der Waals surface area contributed by atoms with Gasteiger partial charge in [0.05, 0.1) is 12.7 Å². The third-order valence-electron chi connectivity index (χ3n) is 3.35. The molecule has 0 saturated heterocycles. The van der Waals surface area contributed by atoms with Gasteiger partial charge in [-0.25, -0.2) is 9.78 Å². The number of aryl methyl sites for hydroxylation is 1. The molecule has 1 fully saturated rings. The third kappa shape index (κ3) is 3.58. The molecule has 0 aromatic carbocycles. The maximum Gasteiger partial charge on any atom is 0.328 e. The fraction of sp³-hybridized carbons (Fsp3) is 0.400. The highest BCUT2D eigenvalue weighted by molar-refractivity contribution is 5.85. The third-order valence-corrected chi connectivity index (χ3v) is 3.35. The lowest BCUT2D eigenvalue weighted by atomic mass is 10.1. The standard InChI is InChI=1S/C15H16N2O3/c1-11-2-4-13(12(17-11)3-5-14(18)19)20-10-15(6-7-15)8-9-16/h2-5H,6-8,10H2,1H3,(H,18,19). The van der Waals surface area contributed by atoms with E-state index in [9.17, 15) is 4.79 Å². The molecule has 5 heteroatoms. The minimum Gasteiger partial charge on any atom is -0.491 e. The smallest absolute Gasteiger partial charge is 0.328 e. The molecule has 5 nitrogen and oxygen atoms in total. The first-order chi connectivity index (χ1) is 9.54. The van der Waals surface area contributed by atoms with Crippen molar-refractivity contribution in [1.82, 2.24) is 4.98 Å². The molecule has 0 unspecified atom stereocenters. The lowest BCUT2D eigenvalue weighted by molar-refractivity contribution is -0.131. The second kappa shape index (κ2) is 5.74. The molecule has 1 aromatic heterocycles. The molecule has 0 bridgehead atoms. The lowest BCUT2D eigenvalue weighted by Crippen LogP contribution is -2.13. The monoisotopic (exact) mass is 272 g/mol. The average molecular weight is 272 g/mol. The van der Waals surface area contributed by atoms with Crippen LogP contribution in [0.4, 0.5) is 0 Å². The SMILES string of the molecule is Cc1ccc(OCC2(CC#N)CC2)c(C=CC(=O)O)n1. The zero-order chi connectivity index (χ0) is 14.6. The summed E-state index contributed by atoms with van der Waals surface area (Å²) < 4.78 is 5.75. The Morgan fingerprint density at radius 2 is 2.35 bits per heavy atom. The van der Waals surface area contributed by atoms with Gasteiger partial charge in [-0.3, -0.25) is 0 Å². The molecule has 1 N–H and O–H groups in total. The van der Waals surface area contributed by atoms with Crippen LogP contribution in [-0.2, 0) is 4.79 Å². The fourth-order valence-corrected chi connectivity index (χ4v) is 1.90. The van der Waals surface area contributed by atoms with Crippen molar-refractivity contribution in [2.24, 2.45) is 5.41 Å². The van der Waals surface area contributed by atoms with Crippen molar-refractivity contribution in [1.29, 1.82) is 5.26 Å². The van der Waals surface area contributed by atoms with Crippen molar-refractivity contribution in [3.8, 4) is 11.8 Å². The summed E-state index contributed by atoms with van der Waals surface area (Å²) in [4.78, 5) is 14.9. The van der Waals surface area contributed by atoms with Gasteiger partial charge >= 0.3 is 5.97 Å². The van der Waals surface area contributed by atoms with Crippen LogP contribution in [0.1, 0.15) is 30.7 Å². The summed E-state index contributed by atoms with van der Waals surface area (Å²) in [5.41, 5.74) is 1.27. The van der Waals surface area contributed by atoms with E-state index < -0.39 is 5.97 Å². The van der Waals surface area contributed by atoms with Crippen LogP contribution in [0.3, 0.4) is 0 Å². The van der Waals surface area contributed by atoms with Crippen molar-refractivity contribution in [2.75, 3.05) is 6.61 Å². The van der Waals surface area contributed by atoms with E-state index in [-0.39, 0.29) is 5.41 Å². The van der Waals surface area contributed by atoms with Gasteiger partial charge in [-0.15, -0.1) is 0 Å². The van der Waals surface area contributed by atoms with E-state index in [4.69, 9.17) is 15.1 Å². The molecule has 1 aromatic rings. The van der Waals surface area contributed by atoms with Crippen LogP contribution in [0, 0.1) is 23.7 Å². The Labute approximate surface area is 117 Å². The van der Waals surface area contributed by atoms with Gasteiger partial charge in [0.15, 0.2) is 0 Å². The van der Waals surface area contributed by atoms with Gasteiger partial charge in [0.2, 0.25) is 0 Å². The summed E-state index contributed by atoms with van der Waals surface area (Å²) in [6.07, 6.45) is 4.96. The fourth-order valence-electron chi connectivity index (χ4n) is 1.90. The Balaban J connectivity index is 2.11. The Morgan fingerprint density at radius 1 is 1.60 bits per heavy atom. The molecule has 1 aliphatic carbocycles. The largest absolute Gasteiger partial charge is 0.491 e. The Morgan fingerprint density at radius 3 is 2.95 bits per heavy atom. The highest BCUT2D eigenvalue weighted by Crippen LogP contribution is 2.48. The molecule has 0 amide bonds. The number of carboxylic acids is 1. The van der Waals surface area contributed by atoms with E-state index in [1.807, 2.05) is 13.0 Å². The molecule has 0 atom stereocenters. The topological polar surface area (TPSA) is 83.2 Å². The van der Waals surface area contributed by atoms with E-state index in [1.54, 1.807) is 6.07 Å². The number of pyridine rings is 1. The maximum absolute atomic E-state index is 10.6. The van der Waals surface area contributed by atoms with E-state index in [2.05, 4.69) is 11.1 Å². The number of rotatable bonds is 6. The van der Waals surface area contributed by atoms with Gasteiger partial charge < -0.3 is 9.84 Å². The predicted octanol–water partition coefficient (Wildman–Crippen LogP) is 2.56. The molecular weight excluding hydrogens is 256 g/mol. The zero-order valence-electron chi connectivity index (χ0n) is 11.3. The van der Waals surface area contributed by atoms with Gasteiger partial charge in [0.25, 0.3) is 0 Å². The molecule has 1 aliphatic rings. The molecular formula is C15H16N2O3. The van der Waals surface area contributed by atoms with Crippen LogP contribution < -0.4 is 4.74 Å². The van der Waals surface area contributed by atoms with Crippen molar-refractivity contribution < 1.29 is 14.6 Å². The van der Waals surface area contributed by atoms with Gasteiger partial charge in [-0.1, -0.05) is 0 Å². The summed E-state index contributed by atoms with van der Waals surface area (Å²) in [5, 5.41) is 17.5. The number of nitrogens with zero attached hydrogens (tertiary/aromatic N) is 2. The maximum atomic E-state index is 10.6. The summed E-state index contributed by atoms with van der Waals surface area (Å²) >= 11 is 0. The molecule has 0 spiro atoms. The first-order valence-electron chi connectivity index (χ1n) is 6.43. The molecule has 1 heterocycles. The summed E-state index contributed by atoms with van der Waals surface area (Å²) in [6, 6.07) is 5.78. The van der Waals surface area contributed by atoms with Crippen LogP contribution in [0.15, 0.2) is 18.2 Å². The summed E-state index contributed by atoms with van der Waals surface area (Å²) in [5.74, 6) is -0.472. The minimum atomic E-state index is -1.03. The van der Waals surface area contributed by atoms with Gasteiger partial charge in [0.1, 0.15) is 11.4 Å². The van der Waals surface area contributed by atoms with Gasteiger partial charge in [-0.05, 0) is 38.0 Å². The average Bonchev–Trinajstić information content (AvgIpc) is 3.16. The number of aromatic nitrogens is 1. The van der Waals surface area contributed by atoms with Crippen molar-refractivity contribution in [2.45, 2.75) is 26.2 Å². The first kappa shape index (κ1) is 14.1. The van der Waals surface area contributed by atoms with E-state index in [0.717, 1.165) is 24.6 Å². The molecule has 1 saturated carbocycles. The number of carbonyl (C=O) groups is 1. The second-order valence-electron chi connectivity index (χ2n) is 5.13. The molecule has 20 heavy (non-hydrogen) atoms. The number of nitriles is 1. The number of ether oxygens (including phenoxy) is 1. The normalized spacial score (nSPS) is 15.8. The number of carboxylic acid groups (broad SMARTS) is 1. The predicted molar refractivity (Wildman–Crippen MR) is 73.0 cm³/mol. The Kier molecular flexibility index (Phi) is 4.04. The minimum absolute atomic E-state index is 0.0204. The van der Waals surface area contributed by atoms with E-state index in [1.165, 1.54) is 6.08 Å². The van der Waals surface area contributed by atoms with Crippen molar-refractivity contribution >= 4 is 12.0 Å². The van der Waals surface area contributed by atoms with Crippen molar-refractivity contribution in [3.05, 3.63) is 29.6 Å². The number of aliphatic carboxylic acids is 1. The second-order valence-corrected chi connectivity index (χ2v) is 5.13. The first-order valence-corrected chi connectivity index (χ1v) is 6.43. The highest BCUT2D eigenvalue weighted by Gasteiger charge is 2.43. The van der Waals surface area contributed by atoms with E-state index >= 15 is 0 Å². The molecule has 2 rings (SSSR count). The molecule has 104 valence electrons. The summed E-state index contributed by atoms with van der Waals surface area (Å²) in [6.45, 7) is 2.30. The van der Waals surface area contributed by atoms with Crippen LogP contribution in [-0.4, -0.2) is 22.7 Å². The highest BCUT2D eigenvalue weighted by atomic mass is 16.5. The zero-order valence-corrected chi connectivity index (χ0v) is 11.3. The van der Waals surface area contributed by atoms with Crippen LogP contribution >= 0.6 is 0 Å². The van der Waals surface area contributed by atoms with Gasteiger partial charge in [0, 0.05) is 23.6 Å². The van der Waals surface area contributed by atoms with Crippen LogP contribution in [0.5, 0.6) is 5.75 Å². The number of hydrogen-bond acceptors (Lipinski definition) is 4. The quantitative estimate of drug-likeness (QED) is 0.804. The lowest BCUT2D eigenvalue weighted by Gasteiger charge is -2.14.